The summed E-state index contributed by atoms with van der Waals surface area (Å²) in [5.74, 6) is -3.49. The molecule has 0 bridgehead atoms. The van der Waals surface area contributed by atoms with Crippen LogP contribution in [0.25, 0.3) is 0 Å². The number of likely N-dealkylation sites (tertiary alicyclic amines) is 1. The summed E-state index contributed by atoms with van der Waals surface area (Å²) in [5, 5.41) is 20.3. The Kier molecular flexibility index (Phi) is 3.93. The topological polar surface area (TPSA) is 83.7 Å². The second-order valence-corrected chi connectivity index (χ2v) is 4.59. The monoisotopic (exact) mass is 286 g/mol. The molecule has 1 atom stereocenters. The highest BCUT2D eigenvalue weighted by molar-refractivity contribution is 5.98. The molecular formula is C12H12F2N2O4. The molecule has 0 spiro atoms. The van der Waals surface area contributed by atoms with Crippen LogP contribution in [0.1, 0.15) is 23.2 Å². The number of amides is 1. The third kappa shape index (κ3) is 2.74. The van der Waals surface area contributed by atoms with Crippen LogP contribution in [0.3, 0.4) is 0 Å². The molecule has 1 heterocycles. The number of aliphatic hydroxyl groups is 1. The van der Waals surface area contributed by atoms with Crippen LogP contribution < -0.4 is 0 Å². The fourth-order valence-corrected chi connectivity index (χ4v) is 2.17. The van der Waals surface area contributed by atoms with Gasteiger partial charge in [-0.25, -0.2) is 8.78 Å². The van der Waals surface area contributed by atoms with Crippen LogP contribution in [-0.2, 0) is 0 Å². The van der Waals surface area contributed by atoms with Crippen molar-refractivity contribution in [3.63, 3.8) is 0 Å². The number of nitro benzene ring substituents is 1. The summed E-state index contributed by atoms with van der Waals surface area (Å²) >= 11 is 0. The SMILES string of the molecule is O=C(c1cc(F)c(F)cc1[N+](=O)[O-])N1CCCC(O)C1. The number of hydrogen-bond donors (Lipinski definition) is 1. The van der Waals surface area contributed by atoms with E-state index in [0.29, 0.717) is 31.5 Å². The Labute approximate surface area is 112 Å². The number of β-amino-alcohol motifs (C(OH)–C–C–N with tert-alkyl or cyclic N) is 1. The number of hydrogen-bond acceptors (Lipinski definition) is 4. The van der Waals surface area contributed by atoms with Crippen molar-refractivity contribution in [1.29, 1.82) is 0 Å². The fourth-order valence-electron chi connectivity index (χ4n) is 2.17. The summed E-state index contributed by atoms with van der Waals surface area (Å²) in [6, 6.07) is 0.916. The maximum Gasteiger partial charge on any atom is 0.285 e. The van der Waals surface area contributed by atoms with E-state index in [-0.39, 0.29) is 6.54 Å². The van der Waals surface area contributed by atoms with E-state index >= 15 is 0 Å². The molecule has 0 radical (unpaired) electrons. The summed E-state index contributed by atoms with van der Waals surface area (Å²) in [5.41, 5.74) is -1.29. The van der Waals surface area contributed by atoms with E-state index in [2.05, 4.69) is 0 Å². The summed E-state index contributed by atoms with van der Waals surface area (Å²) in [6.07, 6.45) is 0.366. The summed E-state index contributed by atoms with van der Waals surface area (Å²) in [6.45, 7) is 0.334. The Morgan fingerprint density at radius 1 is 1.40 bits per heavy atom. The van der Waals surface area contributed by atoms with E-state index < -0.39 is 39.8 Å². The van der Waals surface area contributed by atoms with Crippen LogP contribution in [0.15, 0.2) is 12.1 Å². The Balaban J connectivity index is 2.38. The van der Waals surface area contributed by atoms with Crippen molar-refractivity contribution >= 4 is 11.6 Å². The Bertz CT molecular complexity index is 565. The first-order chi connectivity index (χ1) is 9.40. The molecule has 0 aromatic heterocycles. The van der Waals surface area contributed by atoms with Crippen molar-refractivity contribution in [2.24, 2.45) is 0 Å². The number of rotatable bonds is 2. The zero-order chi connectivity index (χ0) is 14.9. The summed E-state index contributed by atoms with van der Waals surface area (Å²) < 4.78 is 26.3. The highest BCUT2D eigenvalue weighted by Gasteiger charge is 2.29. The third-order valence-electron chi connectivity index (χ3n) is 3.15. The first-order valence-electron chi connectivity index (χ1n) is 6.01. The van der Waals surface area contributed by atoms with Gasteiger partial charge in [0.15, 0.2) is 11.6 Å². The second-order valence-electron chi connectivity index (χ2n) is 4.59. The largest absolute Gasteiger partial charge is 0.391 e. The van der Waals surface area contributed by atoms with Gasteiger partial charge >= 0.3 is 0 Å². The van der Waals surface area contributed by atoms with Crippen LogP contribution in [-0.4, -0.2) is 40.0 Å². The van der Waals surface area contributed by atoms with E-state index in [1.807, 2.05) is 0 Å². The number of nitro groups is 1. The van der Waals surface area contributed by atoms with Crippen molar-refractivity contribution in [2.75, 3.05) is 13.1 Å². The van der Waals surface area contributed by atoms with Gasteiger partial charge in [0.2, 0.25) is 0 Å². The number of nitrogens with zero attached hydrogens (tertiary/aromatic N) is 2. The van der Waals surface area contributed by atoms with E-state index in [1.54, 1.807) is 0 Å². The molecule has 1 aromatic rings. The molecule has 108 valence electrons. The van der Waals surface area contributed by atoms with Crippen LogP contribution in [0, 0.1) is 21.7 Å². The van der Waals surface area contributed by atoms with Crippen molar-refractivity contribution in [2.45, 2.75) is 18.9 Å². The predicted octanol–water partition coefficient (Wildman–Crippen LogP) is 1.47. The van der Waals surface area contributed by atoms with E-state index in [9.17, 15) is 28.8 Å². The summed E-state index contributed by atoms with van der Waals surface area (Å²) in [4.78, 5) is 23.3. The number of aliphatic hydroxyl groups excluding tert-OH is 1. The molecule has 1 unspecified atom stereocenters. The molecular weight excluding hydrogens is 274 g/mol. The average molecular weight is 286 g/mol. The van der Waals surface area contributed by atoms with Crippen LogP contribution in [0.2, 0.25) is 0 Å². The van der Waals surface area contributed by atoms with E-state index in [4.69, 9.17) is 0 Å². The Morgan fingerprint density at radius 2 is 2.05 bits per heavy atom. The fraction of sp³-hybridized carbons (Fsp3) is 0.417. The highest BCUT2D eigenvalue weighted by atomic mass is 19.2. The summed E-state index contributed by atoms with van der Waals surface area (Å²) in [7, 11) is 0. The normalized spacial score (nSPS) is 18.9. The zero-order valence-electron chi connectivity index (χ0n) is 10.4. The Hall–Kier alpha value is -2.09. The van der Waals surface area contributed by atoms with Gasteiger partial charge in [0.25, 0.3) is 11.6 Å². The molecule has 2 rings (SSSR count). The van der Waals surface area contributed by atoms with E-state index in [0.717, 1.165) is 0 Å². The lowest BCUT2D eigenvalue weighted by atomic mass is 10.1. The standard InChI is InChI=1S/C12H12F2N2O4/c13-9-4-8(11(16(19)20)5-10(9)14)12(18)15-3-1-2-7(17)6-15/h4-5,7,17H,1-3,6H2. The molecule has 1 saturated heterocycles. The maximum absolute atomic E-state index is 13.2. The average Bonchev–Trinajstić information content (AvgIpc) is 2.40. The van der Waals surface area contributed by atoms with Gasteiger partial charge in [-0.1, -0.05) is 0 Å². The molecule has 1 amide bonds. The van der Waals surface area contributed by atoms with Gasteiger partial charge in [0.1, 0.15) is 5.56 Å². The van der Waals surface area contributed by atoms with E-state index in [1.165, 1.54) is 4.90 Å². The first-order valence-corrected chi connectivity index (χ1v) is 6.01. The molecule has 1 N–H and O–H groups in total. The van der Waals surface area contributed by atoms with Gasteiger partial charge in [0, 0.05) is 13.1 Å². The van der Waals surface area contributed by atoms with Crippen LogP contribution >= 0.6 is 0 Å². The minimum atomic E-state index is -1.38. The van der Waals surface area contributed by atoms with Gasteiger partial charge in [-0.15, -0.1) is 0 Å². The molecule has 1 fully saturated rings. The minimum Gasteiger partial charge on any atom is -0.391 e. The second kappa shape index (κ2) is 5.49. The molecule has 1 aliphatic rings. The minimum absolute atomic E-state index is 0.0228. The lowest BCUT2D eigenvalue weighted by molar-refractivity contribution is -0.385. The number of carbonyl (C=O) groups is 1. The predicted molar refractivity (Wildman–Crippen MR) is 64.2 cm³/mol. The molecule has 20 heavy (non-hydrogen) atoms. The van der Waals surface area contributed by atoms with Crippen molar-refractivity contribution in [3.8, 4) is 0 Å². The molecule has 8 heteroatoms. The van der Waals surface area contributed by atoms with Crippen molar-refractivity contribution < 1.29 is 23.6 Å². The number of piperidine rings is 1. The van der Waals surface area contributed by atoms with Gasteiger partial charge in [-0.3, -0.25) is 14.9 Å². The third-order valence-corrected chi connectivity index (χ3v) is 3.15. The van der Waals surface area contributed by atoms with Crippen LogP contribution in [0.4, 0.5) is 14.5 Å². The number of halogens is 2. The number of carbonyl (C=O) groups excluding carboxylic acids is 1. The zero-order valence-corrected chi connectivity index (χ0v) is 10.4. The lowest BCUT2D eigenvalue weighted by Crippen LogP contribution is -2.42. The maximum atomic E-state index is 13.2. The molecule has 1 aliphatic heterocycles. The molecule has 6 nitrogen and oxygen atoms in total. The van der Waals surface area contributed by atoms with Gasteiger partial charge in [-0.2, -0.15) is 0 Å². The molecule has 0 saturated carbocycles. The smallest absolute Gasteiger partial charge is 0.285 e. The number of benzene rings is 1. The first kappa shape index (κ1) is 14.3. The van der Waals surface area contributed by atoms with Crippen molar-refractivity contribution in [1.82, 2.24) is 4.90 Å². The van der Waals surface area contributed by atoms with Gasteiger partial charge in [-0.05, 0) is 18.9 Å². The molecule has 0 aliphatic carbocycles. The van der Waals surface area contributed by atoms with Gasteiger partial charge in [0.05, 0.1) is 17.1 Å². The Morgan fingerprint density at radius 3 is 2.65 bits per heavy atom. The van der Waals surface area contributed by atoms with Gasteiger partial charge < -0.3 is 10.0 Å². The van der Waals surface area contributed by atoms with Crippen LogP contribution in [0.5, 0.6) is 0 Å². The highest BCUT2D eigenvalue weighted by Crippen LogP contribution is 2.25. The quantitative estimate of drug-likeness (QED) is 0.659. The van der Waals surface area contributed by atoms with Crippen molar-refractivity contribution in [3.05, 3.63) is 39.4 Å². The lowest BCUT2D eigenvalue weighted by Gasteiger charge is -2.30. The molecule has 1 aromatic carbocycles.